The highest BCUT2D eigenvalue weighted by molar-refractivity contribution is 5.95. The third kappa shape index (κ3) is 2.28. The molecule has 5 atom stereocenters. The van der Waals surface area contributed by atoms with Gasteiger partial charge >= 0.3 is 5.97 Å². The van der Waals surface area contributed by atoms with Crippen molar-refractivity contribution >= 4 is 22.8 Å². The van der Waals surface area contributed by atoms with Gasteiger partial charge in [0.05, 0.1) is 26.4 Å². The van der Waals surface area contributed by atoms with Crippen LogP contribution in [0, 0.1) is 11.8 Å². The molecule has 154 valence electrons. The van der Waals surface area contributed by atoms with Gasteiger partial charge in [-0.3, -0.25) is 9.59 Å². The Morgan fingerprint density at radius 1 is 1.38 bits per heavy atom. The molecule has 3 aliphatic heterocycles. The molecule has 1 amide bonds. The summed E-state index contributed by atoms with van der Waals surface area (Å²) in [6.45, 7) is 2.28. The predicted octanol–water partition coefficient (Wildman–Crippen LogP) is 1.76. The average molecular weight is 398 g/mol. The van der Waals surface area contributed by atoms with Gasteiger partial charge in [0.1, 0.15) is 11.2 Å². The second-order valence-electron chi connectivity index (χ2n) is 8.62. The SMILES string of the molecule is COC(=O)[C@@]12C[C@H]3CC([C@@H](C)O)C1N(CCc1c2[nH]c2ccc(OC)cc12)C3=O. The minimum atomic E-state index is -0.995. The molecule has 2 unspecified atom stereocenters. The van der Waals surface area contributed by atoms with Crippen LogP contribution in [-0.4, -0.2) is 59.8 Å². The fraction of sp³-hybridized carbons (Fsp3) is 0.545. The number of aliphatic hydroxyl groups is 1. The highest BCUT2D eigenvalue weighted by Crippen LogP contribution is 2.56. The number of methoxy groups -OCH3 is 2. The minimum absolute atomic E-state index is 0.0958. The van der Waals surface area contributed by atoms with Gasteiger partial charge in [-0.1, -0.05) is 0 Å². The summed E-state index contributed by atoms with van der Waals surface area (Å²) in [7, 11) is 3.03. The van der Waals surface area contributed by atoms with E-state index in [0.717, 1.165) is 27.9 Å². The standard InChI is InChI=1S/C22H26N2O5/c1-11(25)15-8-12-10-22(21(27)29-3)18-14(6-7-24(19(15)22)20(12)26)16-9-13(28-2)4-5-17(16)23-18/h4-5,9,11-12,15,19,23,25H,6-8,10H2,1-3H3/t11-,12-,15?,19?,22-/m1/s1. The number of aliphatic hydroxyl groups excluding tert-OH is 1. The molecule has 4 bridgehead atoms. The van der Waals surface area contributed by atoms with Crippen molar-refractivity contribution in [2.24, 2.45) is 11.8 Å². The third-order valence-corrected chi connectivity index (χ3v) is 7.34. The minimum Gasteiger partial charge on any atom is -0.497 e. The van der Waals surface area contributed by atoms with E-state index in [1.807, 2.05) is 23.1 Å². The van der Waals surface area contributed by atoms with Crippen LogP contribution in [0.1, 0.15) is 31.0 Å². The fourth-order valence-electron chi connectivity index (χ4n) is 6.15. The number of hydrogen-bond acceptors (Lipinski definition) is 5. The van der Waals surface area contributed by atoms with Gasteiger partial charge in [0.25, 0.3) is 0 Å². The molecule has 4 heterocycles. The summed E-state index contributed by atoms with van der Waals surface area (Å²) in [5, 5.41) is 11.5. The first-order valence-electron chi connectivity index (χ1n) is 10.2. The van der Waals surface area contributed by atoms with E-state index >= 15 is 0 Å². The molecule has 2 N–H and O–H groups in total. The summed E-state index contributed by atoms with van der Waals surface area (Å²) < 4.78 is 10.7. The van der Waals surface area contributed by atoms with Crippen LogP contribution in [0.25, 0.3) is 10.9 Å². The van der Waals surface area contributed by atoms with Gasteiger partial charge in [0.15, 0.2) is 0 Å². The van der Waals surface area contributed by atoms with E-state index in [4.69, 9.17) is 9.47 Å². The summed E-state index contributed by atoms with van der Waals surface area (Å²) >= 11 is 0. The van der Waals surface area contributed by atoms with Crippen LogP contribution < -0.4 is 4.74 Å². The lowest BCUT2D eigenvalue weighted by Crippen LogP contribution is -2.70. The molecule has 29 heavy (non-hydrogen) atoms. The van der Waals surface area contributed by atoms with Crippen LogP contribution in [0.5, 0.6) is 5.75 Å². The zero-order chi connectivity index (χ0) is 20.5. The van der Waals surface area contributed by atoms with E-state index in [-0.39, 0.29) is 23.7 Å². The number of nitrogens with zero attached hydrogens (tertiary/aromatic N) is 1. The maximum atomic E-state index is 13.4. The van der Waals surface area contributed by atoms with E-state index in [1.165, 1.54) is 7.11 Å². The van der Waals surface area contributed by atoms with Gasteiger partial charge in [-0.25, -0.2) is 0 Å². The number of aromatic nitrogens is 1. The zero-order valence-electron chi connectivity index (χ0n) is 16.9. The molecule has 7 heteroatoms. The summed E-state index contributed by atoms with van der Waals surface area (Å²) in [5.41, 5.74) is 1.82. The van der Waals surface area contributed by atoms with Crippen LogP contribution in [-0.2, 0) is 26.2 Å². The van der Waals surface area contributed by atoms with Crippen molar-refractivity contribution in [1.82, 2.24) is 9.88 Å². The Labute approximate surface area is 169 Å². The first-order valence-corrected chi connectivity index (χ1v) is 10.2. The van der Waals surface area contributed by atoms with Crippen molar-refractivity contribution in [3.63, 3.8) is 0 Å². The Kier molecular flexibility index (Phi) is 3.97. The maximum absolute atomic E-state index is 13.4. The number of nitrogens with one attached hydrogen (secondary N) is 1. The summed E-state index contributed by atoms with van der Waals surface area (Å²) in [6, 6.07) is 5.42. The van der Waals surface area contributed by atoms with Crippen LogP contribution in [0.2, 0.25) is 0 Å². The molecule has 2 saturated heterocycles. The molecule has 6 rings (SSSR count). The van der Waals surface area contributed by atoms with E-state index in [9.17, 15) is 14.7 Å². The number of benzene rings is 1. The van der Waals surface area contributed by atoms with E-state index in [2.05, 4.69) is 4.98 Å². The first-order chi connectivity index (χ1) is 13.9. The molecule has 7 nitrogen and oxygen atoms in total. The summed E-state index contributed by atoms with van der Waals surface area (Å²) in [6.07, 6.45) is 1.05. The van der Waals surface area contributed by atoms with E-state index < -0.39 is 17.6 Å². The number of esters is 1. The van der Waals surface area contributed by atoms with Crippen molar-refractivity contribution in [2.75, 3.05) is 20.8 Å². The molecular formula is C22H26N2O5. The van der Waals surface area contributed by atoms with Crippen LogP contribution in [0.4, 0.5) is 0 Å². The van der Waals surface area contributed by atoms with Crippen LogP contribution in [0.15, 0.2) is 18.2 Å². The number of ether oxygens (including phenoxy) is 2. The Hall–Kier alpha value is -2.54. The molecule has 1 aliphatic carbocycles. The third-order valence-electron chi connectivity index (χ3n) is 7.34. The monoisotopic (exact) mass is 398 g/mol. The summed E-state index contributed by atoms with van der Waals surface area (Å²) in [5.74, 6) is 0.0527. The van der Waals surface area contributed by atoms with Crippen molar-refractivity contribution in [1.29, 1.82) is 0 Å². The van der Waals surface area contributed by atoms with Crippen molar-refractivity contribution in [2.45, 2.75) is 43.7 Å². The molecule has 3 fully saturated rings. The van der Waals surface area contributed by atoms with Crippen molar-refractivity contribution in [3.05, 3.63) is 29.5 Å². The molecule has 0 spiro atoms. The smallest absolute Gasteiger partial charge is 0.319 e. The number of H-pyrrole nitrogens is 1. The van der Waals surface area contributed by atoms with Crippen molar-refractivity contribution in [3.8, 4) is 5.75 Å². The summed E-state index contributed by atoms with van der Waals surface area (Å²) in [4.78, 5) is 31.8. The number of carbonyl (C=O) groups is 2. The predicted molar refractivity (Wildman–Crippen MR) is 106 cm³/mol. The molecule has 4 aliphatic rings. The Morgan fingerprint density at radius 2 is 2.17 bits per heavy atom. The number of rotatable bonds is 3. The largest absolute Gasteiger partial charge is 0.497 e. The van der Waals surface area contributed by atoms with Gasteiger partial charge in [-0.15, -0.1) is 0 Å². The van der Waals surface area contributed by atoms with E-state index in [1.54, 1.807) is 14.0 Å². The van der Waals surface area contributed by atoms with Gasteiger partial charge in [-0.05, 0) is 49.9 Å². The Bertz CT molecular complexity index is 1010. The van der Waals surface area contributed by atoms with Gasteiger partial charge in [0.2, 0.25) is 5.91 Å². The van der Waals surface area contributed by atoms with Crippen LogP contribution >= 0.6 is 0 Å². The number of aromatic amines is 1. The molecular weight excluding hydrogens is 372 g/mol. The fourth-order valence-corrected chi connectivity index (χ4v) is 6.15. The Morgan fingerprint density at radius 3 is 2.86 bits per heavy atom. The second kappa shape index (κ2) is 6.23. The topological polar surface area (TPSA) is 91.9 Å². The number of amides is 1. The maximum Gasteiger partial charge on any atom is 0.319 e. The number of hydrogen-bond donors (Lipinski definition) is 2. The van der Waals surface area contributed by atoms with Crippen molar-refractivity contribution < 1.29 is 24.2 Å². The lowest BCUT2D eigenvalue weighted by atomic mass is 9.55. The molecule has 1 aromatic carbocycles. The van der Waals surface area contributed by atoms with Crippen LogP contribution in [0.3, 0.4) is 0 Å². The molecule has 1 aromatic heterocycles. The van der Waals surface area contributed by atoms with E-state index in [0.29, 0.717) is 25.8 Å². The highest BCUT2D eigenvalue weighted by Gasteiger charge is 2.66. The highest BCUT2D eigenvalue weighted by atomic mass is 16.5. The first kappa shape index (κ1) is 18.5. The van der Waals surface area contributed by atoms with Gasteiger partial charge in [-0.2, -0.15) is 0 Å². The quantitative estimate of drug-likeness (QED) is 0.769. The molecule has 2 aromatic rings. The second-order valence-corrected chi connectivity index (χ2v) is 8.62. The van der Waals surface area contributed by atoms with Gasteiger partial charge in [0, 0.05) is 35.0 Å². The molecule has 0 radical (unpaired) electrons. The number of piperidine rings is 2. The molecule has 1 saturated carbocycles. The Balaban J connectivity index is 1.81. The average Bonchev–Trinajstić information content (AvgIpc) is 3.04. The van der Waals surface area contributed by atoms with Gasteiger partial charge < -0.3 is 24.5 Å². The zero-order valence-corrected chi connectivity index (χ0v) is 16.9. The normalized spacial score (nSPS) is 31.4. The lowest BCUT2D eigenvalue weighted by molar-refractivity contribution is -0.176. The number of fused-ring (bicyclic) bond motifs is 4. The lowest BCUT2D eigenvalue weighted by Gasteiger charge is -2.57. The number of carbonyl (C=O) groups excluding carboxylic acids is 2.